The molecule has 0 N–H and O–H groups in total. The first-order valence-electron chi connectivity index (χ1n) is 7.10. The summed E-state index contributed by atoms with van der Waals surface area (Å²) in [6, 6.07) is 22.7. The van der Waals surface area contributed by atoms with E-state index < -0.39 is 0 Å². The Labute approximate surface area is 125 Å². The second kappa shape index (κ2) is 5.80. The Hall–Kier alpha value is -2.61. The van der Waals surface area contributed by atoms with Gasteiger partial charge in [-0.2, -0.15) is 5.10 Å². The summed E-state index contributed by atoms with van der Waals surface area (Å²) in [5, 5.41) is 4.74. The van der Waals surface area contributed by atoms with E-state index in [1.54, 1.807) is 0 Å². The number of hydrogen-bond donors (Lipinski definition) is 0. The van der Waals surface area contributed by atoms with Crippen LogP contribution in [0.3, 0.4) is 0 Å². The van der Waals surface area contributed by atoms with Gasteiger partial charge in [0.2, 0.25) is 0 Å². The minimum atomic E-state index is 0.984. The van der Waals surface area contributed by atoms with E-state index in [1.165, 1.54) is 11.1 Å². The molecule has 1 aromatic heterocycles. The summed E-state index contributed by atoms with van der Waals surface area (Å²) in [7, 11) is 0. The molecule has 0 bridgehead atoms. The molecule has 0 radical (unpaired) electrons. The third-order valence-corrected chi connectivity index (χ3v) is 3.24. The van der Waals surface area contributed by atoms with Crippen molar-refractivity contribution in [2.24, 2.45) is 0 Å². The van der Waals surface area contributed by atoms with Crippen molar-refractivity contribution in [2.45, 2.75) is 13.8 Å². The van der Waals surface area contributed by atoms with E-state index in [0.29, 0.717) is 0 Å². The summed E-state index contributed by atoms with van der Waals surface area (Å²) in [5.41, 5.74) is 5.58. The fourth-order valence-electron chi connectivity index (χ4n) is 2.35. The molecule has 0 saturated carbocycles. The molecule has 2 heteroatoms. The first kappa shape index (κ1) is 13.4. The molecule has 21 heavy (non-hydrogen) atoms. The zero-order valence-corrected chi connectivity index (χ0v) is 12.3. The van der Waals surface area contributed by atoms with Gasteiger partial charge in [-0.25, -0.2) is 4.68 Å². The molecular formula is C19H18N2. The maximum Gasteiger partial charge on any atom is 0.0861 e. The first-order valence-corrected chi connectivity index (χ1v) is 7.10. The Kier molecular flexibility index (Phi) is 3.69. The molecule has 2 aromatic carbocycles. The molecule has 0 aliphatic heterocycles. The van der Waals surface area contributed by atoms with E-state index >= 15 is 0 Å². The molecule has 3 aromatic rings. The van der Waals surface area contributed by atoms with Crippen LogP contribution < -0.4 is 0 Å². The number of nitrogens with zero attached hydrogens (tertiary/aromatic N) is 2. The van der Waals surface area contributed by atoms with Crippen molar-refractivity contribution < 1.29 is 0 Å². The molecule has 0 saturated heterocycles. The molecule has 104 valence electrons. The predicted octanol–water partition coefficient (Wildman–Crippen LogP) is 4.96. The monoisotopic (exact) mass is 274 g/mol. The van der Waals surface area contributed by atoms with Crippen molar-refractivity contribution in [2.75, 3.05) is 0 Å². The topological polar surface area (TPSA) is 17.8 Å². The average Bonchev–Trinajstić information content (AvgIpc) is 2.92. The van der Waals surface area contributed by atoms with Gasteiger partial charge in [0.1, 0.15) is 0 Å². The highest BCUT2D eigenvalue weighted by Gasteiger charge is 2.10. The van der Waals surface area contributed by atoms with Crippen molar-refractivity contribution in [3.05, 3.63) is 78.0 Å². The Morgan fingerprint density at radius 2 is 1.52 bits per heavy atom. The van der Waals surface area contributed by atoms with Gasteiger partial charge in [-0.1, -0.05) is 54.1 Å². The van der Waals surface area contributed by atoms with E-state index in [-0.39, 0.29) is 0 Å². The summed E-state index contributed by atoms with van der Waals surface area (Å²) in [6.45, 7) is 4.17. The van der Waals surface area contributed by atoms with E-state index in [4.69, 9.17) is 5.10 Å². The average molecular weight is 274 g/mol. The minimum absolute atomic E-state index is 0.984. The zero-order valence-electron chi connectivity index (χ0n) is 12.3. The van der Waals surface area contributed by atoms with Crippen molar-refractivity contribution >= 4 is 6.08 Å². The van der Waals surface area contributed by atoms with E-state index in [1.807, 2.05) is 28.9 Å². The van der Waals surface area contributed by atoms with Crippen LogP contribution >= 0.6 is 0 Å². The first-order chi connectivity index (χ1) is 10.2. The lowest BCUT2D eigenvalue weighted by Gasteiger charge is -2.07. The molecule has 0 spiro atoms. The van der Waals surface area contributed by atoms with Crippen LogP contribution in [0.4, 0.5) is 0 Å². The number of aromatic nitrogens is 2. The third-order valence-electron chi connectivity index (χ3n) is 3.24. The summed E-state index contributed by atoms with van der Waals surface area (Å²) < 4.78 is 2.00. The van der Waals surface area contributed by atoms with E-state index in [2.05, 4.69) is 62.4 Å². The molecule has 2 nitrogen and oxygen atoms in total. The van der Waals surface area contributed by atoms with Gasteiger partial charge >= 0.3 is 0 Å². The Morgan fingerprint density at radius 3 is 2.14 bits per heavy atom. The van der Waals surface area contributed by atoms with Crippen molar-refractivity contribution in [1.82, 2.24) is 9.78 Å². The molecule has 0 fully saturated rings. The highest BCUT2D eigenvalue weighted by molar-refractivity contribution is 5.66. The second-order valence-electron chi connectivity index (χ2n) is 5.29. The number of hydrogen-bond acceptors (Lipinski definition) is 1. The van der Waals surface area contributed by atoms with Gasteiger partial charge in [-0.3, -0.25) is 0 Å². The number of allylic oxidation sites excluding steroid dienone is 1. The van der Waals surface area contributed by atoms with Crippen LogP contribution in [-0.2, 0) is 0 Å². The molecular weight excluding hydrogens is 256 g/mol. The van der Waals surface area contributed by atoms with Crippen LogP contribution in [0.2, 0.25) is 0 Å². The standard InChI is InChI=1S/C19H18N2/c1-15(2)13-17-14-19(16-9-5-3-6-10-16)21(20-17)18-11-7-4-8-12-18/h3-14H,1-2H3. The van der Waals surface area contributed by atoms with Crippen LogP contribution in [0.1, 0.15) is 19.5 Å². The smallest absolute Gasteiger partial charge is 0.0861 e. The maximum atomic E-state index is 4.74. The number of rotatable bonds is 3. The van der Waals surface area contributed by atoms with Gasteiger partial charge in [-0.15, -0.1) is 0 Å². The van der Waals surface area contributed by atoms with Gasteiger partial charge in [0.15, 0.2) is 0 Å². The molecule has 0 aliphatic rings. The zero-order chi connectivity index (χ0) is 14.7. The SMILES string of the molecule is CC(C)=Cc1cc(-c2ccccc2)n(-c2ccccc2)n1. The molecule has 0 unspecified atom stereocenters. The molecule has 0 atom stereocenters. The number of benzene rings is 2. The lowest BCUT2D eigenvalue weighted by molar-refractivity contribution is 0.882. The third kappa shape index (κ3) is 2.95. The van der Waals surface area contributed by atoms with Gasteiger partial charge < -0.3 is 0 Å². The van der Waals surface area contributed by atoms with Gasteiger partial charge in [-0.05, 0) is 38.1 Å². The summed E-state index contributed by atoms with van der Waals surface area (Å²) in [6.07, 6.45) is 2.10. The summed E-state index contributed by atoms with van der Waals surface area (Å²) in [5.74, 6) is 0. The van der Waals surface area contributed by atoms with Crippen LogP contribution in [0, 0.1) is 0 Å². The Bertz CT molecular complexity index is 692. The van der Waals surface area contributed by atoms with E-state index in [9.17, 15) is 0 Å². The van der Waals surface area contributed by atoms with Gasteiger partial charge in [0, 0.05) is 5.56 Å². The fraction of sp³-hybridized carbons (Fsp3) is 0.105. The van der Waals surface area contributed by atoms with Crippen LogP contribution in [0.25, 0.3) is 23.0 Å². The quantitative estimate of drug-likeness (QED) is 0.660. The van der Waals surface area contributed by atoms with Crippen molar-refractivity contribution in [3.8, 4) is 16.9 Å². The predicted molar refractivity (Wildman–Crippen MR) is 88.3 cm³/mol. The molecule has 3 rings (SSSR count). The highest BCUT2D eigenvalue weighted by atomic mass is 15.3. The largest absolute Gasteiger partial charge is 0.233 e. The summed E-state index contributed by atoms with van der Waals surface area (Å²) in [4.78, 5) is 0. The van der Waals surface area contributed by atoms with Crippen molar-refractivity contribution in [1.29, 1.82) is 0 Å². The Morgan fingerprint density at radius 1 is 0.905 bits per heavy atom. The van der Waals surface area contributed by atoms with Crippen LogP contribution in [0.15, 0.2) is 72.3 Å². The second-order valence-corrected chi connectivity index (χ2v) is 5.29. The van der Waals surface area contributed by atoms with Gasteiger partial charge in [0.25, 0.3) is 0 Å². The lowest BCUT2D eigenvalue weighted by atomic mass is 10.1. The Balaban J connectivity index is 2.18. The van der Waals surface area contributed by atoms with Crippen molar-refractivity contribution in [3.63, 3.8) is 0 Å². The van der Waals surface area contributed by atoms with Crippen LogP contribution in [-0.4, -0.2) is 9.78 Å². The van der Waals surface area contributed by atoms with Gasteiger partial charge in [0.05, 0.1) is 17.1 Å². The fourth-order valence-corrected chi connectivity index (χ4v) is 2.35. The van der Waals surface area contributed by atoms with E-state index in [0.717, 1.165) is 17.1 Å². The lowest BCUT2D eigenvalue weighted by Crippen LogP contribution is -1.98. The van der Waals surface area contributed by atoms with Crippen LogP contribution in [0.5, 0.6) is 0 Å². The normalized spacial score (nSPS) is 10.4. The molecule has 0 aliphatic carbocycles. The minimum Gasteiger partial charge on any atom is -0.233 e. The highest BCUT2D eigenvalue weighted by Crippen LogP contribution is 2.24. The molecule has 0 amide bonds. The maximum absolute atomic E-state index is 4.74. The number of para-hydroxylation sites is 1. The molecule has 1 heterocycles. The summed E-state index contributed by atoms with van der Waals surface area (Å²) >= 11 is 0.